The Balaban J connectivity index is 1.30. The topological polar surface area (TPSA) is 74.2 Å². The molecule has 5 nitrogen and oxygen atoms in total. The number of unbranched alkanes of at least 4 members (excludes halogenated alkanes) is 4. The molecule has 0 fully saturated rings. The number of hydrogen-bond donors (Lipinski definition) is 3. The standard InChI is InChI=1S/C23H31N3O2/c27-23(28)21(25-19-11-6-4-7-12-19)14-8-3-1-2-5-13-20-16-15-18-10-9-17-24-22(18)26-20/h4,6-7,11-12,15-16,21,25H,1-3,5,8-10,13-14,17H2,(H,24,26)(H,27,28). The minimum Gasteiger partial charge on any atom is -0.480 e. The number of aliphatic carboxylic acids is 1. The van der Waals surface area contributed by atoms with Gasteiger partial charge >= 0.3 is 5.97 Å². The molecule has 0 saturated heterocycles. The predicted octanol–water partition coefficient (Wildman–Crippen LogP) is 4.89. The van der Waals surface area contributed by atoms with Gasteiger partial charge in [0.25, 0.3) is 0 Å². The Morgan fingerprint density at radius 3 is 2.68 bits per heavy atom. The summed E-state index contributed by atoms with van der Waals surface area (Å²) in [7, 11) is 0. The van der Waals surface area contributed by atoms with Crippen LogP contribution in [0.15, 0.2) is 42.5 Å². The quantitative estimate of drug-likeness (QED) is 0.483. The molecule has 0 aliphatic carbocycles. The fraction of sp³-hybridized carbons (Fsp3) is 0.478. The van der Waals surface area contributed by atoms with Gasteiger partial charge in [0.2, 0.25) is 0 Å². The molecule has 3 rings (SSSR count). The normalized spacial score (nSPS) is 14.0. The molecule has 0 amide bonds. The molecule has 0 bridgehead atoms. The highest BCUT2D eigenvalue weighted by molar-refractivity contribution is 5.77. The van der Waals surface area contributed by atoms with Crippen molar-refractivity contribution in [2.75, 3.05) is 17.2 Å². The first-order valence-corrected chi connectivity index (χ1v) is 10.5. The summed E-state index contributed by atoms with van der Waals surface area (Å²) in [4.78, 5) is 16.2. The summed E-state index contributed by atoms with van der Waals surface area (Å²) >= 11 is 0. The second kappa shape index (κ2) is 10.7. The van der Waals surface area contributed by atoms with Crippen LogP contribution in [0.1, 0.15) is 56.2 Å². The Labute approximate surface area is 167 Å². The SMILES string of the molecule is O=C(O)C(CCCCCCCc1ccc2c(n1)NCCC2)Nc1ccccc1. The van der Waals surface area contributed by atoms with Gasteiger partial charge in [-0.2, -0.15) is 0 Å². The number of carboxylic acids is 1. The van der Waals surface area contributed by atoms with E-state index in [9.17, 15) is 9.90 Å². The van der Waals surface area contributed by atoms with Crippen LogP contribution in [0, 0.1) is 0 Å². The summed E-state index contributed by atoms with van der Waals surface area (Å²) in [5, 5.41) is 15.9. The number of nitrogens with one attached hydrogen (secondary N) is 2. The number of benzene rings is 1. The van der Waals surface area contributed by atoms with E-state index in [1.807, 2.05) is 30.3 Å². The van der Waals surface area contributed by atoms with Gasteiger partial charge < -0.3 is 15.7 Å². The number of hydrogen-bond acceptors (Lipinski definition) is 4. The van der Waals surface area contributed by atoms with Crippen molar-refractivity contribution in [1.29, 1.82) is 0 Å². The molecular formula is C23H31N3O2. The van der Waals surface area contributed by atoms with Gasteiger partial charge in [-0.25, -0.2) is 9.78 Å². The zero-order chi connectivity index (χ0) is 19.6. The van der Waals surface area contributed by atoms with Gasteiger partial charge in [0.05, 0.1) is 0 Å². The van der Waals surface area contributed by atoms with Crippen molar-refractivity contribution in [3.8, 4) is 0 Å². The van der Waals surface area contributed by atoms with E-state index in [-0.39, 0.29) is 0 Å². The molecule has 1 atom stereocenters. The van der Waals surface area contributed by atoms with Gasteiger partial charge in [-0.15, -0.1) is 0 Å². The smallest absolute Gasteiger partial charge is 0.326 e. The highest BCUT2D eigenvalue weighted by Gasteiger charge is 2.16. The molecule has 1 aliphatic rings. The summed E-state index contributed by atoms with van der Waals surface area (Å²) < 4.78 is 0. The molecule has 2 heterocycles. The van der Waals surface area contributed by atoms with Crippen LogP contribution >= 0.6 is 0 Å². The van der Waals surface area contributed by atoms with Crippen molar-refractivity contribution in [1.82, 2.24) is 4.98 Å². The van der Waals surface area contributed by atoms with E-state index in [1.54, 1.807) is 0 Å². The number of anilines is 2. The largest absolute Gasteiger partial charge is 0.480 e. The van der Waals surface area contributed by atoms with Crippen LogP contribution in [0.25, 0.3) is 0 Å². The van der Waals surface area contributed by atoms with Crippen molar-refractivity contribution in [2.45, 2.75) is 63.8 Å². The molecular weight excluding hydrogens is 350 g/mol. The number of aromatic nitrogens is 1. The first-order valence-electron chi connectivity index (χ1n) is 10.5. The molecule has 1 aromatic carbocycles. The maximum atomic E-state index is 11.5. The van der Waals surface area contributed by atoms with E-state index in [2.05, 4.69) is 22.8 Å². The molecule has 0 spiro atoms. The lowest BCUT2D eigenvalue weighted by atomic mass is 10.0. The van der Waals surface area contributed by atoms with Gasteiger partial charge in [-0.1, -0.05) is 49.9 Å². The predicted molar refractivity (Wildman–Crippen MR) is 114 cm³/mol. The van der Waals surface area contributed by atoms with Crippen LogP contribution in [0.5, 0.6) is 0 Å². The molecule has 28 heavy (non-hydrogen) atoms. The molecule has 1 unspecified atom stereocenters. The van der Waals surface area contributed by atoms with Gasteiger partial charge in [-0.3, -0.25) is 0 Å². The molecule has 5 heteroatoms. The molecule has 0 radical (unpaired) electrons. The molecule has 1 aromatic heterocycles. The molecule has 1 aliphatic heterocycles. The Kier molecular flexibility index (Phi) is 7.71. The minimum atomic E-state index is -0.782. The highest BCUT2D eigenvalue weighted by Crippen LogP contribution is 2.20. The van der Waals surface area contributed by atoms with E-state index in [4.69, 9.17) is 4.98 Å². The van der Waals surface area contributed by atoms with Crippen molar-refractivity contribution >= 4 is 17.5 Å². The van der Waals surface area contributed by atoms with E-state index < -0.39 is 12.0 Å². The fourth-order valence-corrected chi connectivity index (χ4v) is 3.69. The van der Waals surface area contributed by atoms with Crippen LogP contribution in [0.4, 0.5) is 11.5 Å². The third kappa shape index (κ3) is 6.25. The molecule has 0 saturated carbocycles. The summed E-state index contributed by atoms with van der Waals surface area (Å²) in [6.45, 7) is 1.03. The zero-order valence-electron chi connectivity index (χ0n) is 16.5. The third-order valence-electron chi connectivity index (χ3n) is 5.29. The van der Waals surface area contributed by atoms with Crippen LogP contribution in [0.2, 0.25) is 0 Å². The highest BCUT2D eigenvalue weighted by atomic mass is 16.4. The number of carbonyl (C=O) groups is 1. The van der Waals surface area contributed by atoms with Crippen LogP contribution < -0.4 is 10.6 Å². The summed E-state index contributed by atoms with van der Waals surface area (Å²) in [5.41, 5.74) is 3.38. The lowest BCUT2D eigenvalue weighted by Gasteiger charge is -2.17. The zero-order valence-corrected chi connectivity index (χ0v) is 16.5. The van der Waals surface area contributed by atoms with E-state index in [0.717, 1.165) is 63.0 Å². The number of aryl methyl sites for hydroxylation is 2. The van der Waals surface area contributed by atoms with Crippen LogP contribution in [0.3, 0.4) is 0 Å². The molecule has 3 N–H and O–H groups in total. The summed E-state index contributed by atoms with van der Waals surface area (Å²) in [5.74, 6) is 0.297. The molecule has 150 valence electrons. The lowest BCUT2D eigenvalue weighted by Crippen LogP contribution is -2.29. The number of rotatable bonds is 11. The van der Waals surface area contributed by atoms with Crippen LogP contribution in [-0.2, 0) is 17.6 Å². The Morgan fingerprint density at radius 2 is 1.86 bits per heavy atom. The van der Waals surface area contributed by atoms with Crippen LogP contribution in [-0.4, -0.2) is 28.6 Å². The lowest BCUT2D eigenvalue weighted by molar-refractivity contribution is -0.138. The van der Waals surface area contributed by atoms with Gasteiger partial charge in [0, 0.05) is 17.9 Å². The second-order valence-corrected chi connectivity index (χ2v) is 7.55. The summed E-state index contributed by atoms with van der Waals surface area (Å²) in [6, 6.07) is 13.4. The van der Waals surface area contributed by atoms with E-state index >= 15 is 0 Å². The van der Waals surface area contributed by atoms with Gasteiger partial charge in [0.1, 0.15) is 11.9 Å². The van der Waals surface area contributed by atoms with Crippen molar-refractivity contribution < 1.29 is 9.90 Å². The third-order valence-corrected chi connectivity index (χ3v) is 5.29. The number of pyridine rings is 1. The Morgan fingerprint density at radius 1 is 1.07 bits per heavy atom. The minimum absolute atomic E-state index is 0.519. The summed E-state index contributed by atoms with van der Waals surface area (Å²) in [6.07, 6.45) is 9.43. The number of para-hydroxylation sites is 1. The first kappa shape index (κ1) is 20.2. The maximum absolute atomic E-state index is 11.5. The van der Waals surface area contributed by atoms with Crippen molar-refractivity contribution in [2.24, 2.45) is 0 Å². The monoisotopic (exact) mass is 381 g/mol. The van der Waals surface area contributed by atoms with Gasteiger partial charge in [0.15, 0.2) is 0 Å². The average molecular weight is 382 g/mol. The van der Waals surface area contributed by atoms with E-state index in [0.29, 0.717) is 6.42 Å². The maximum Gasteiger partial charge on any atom is 0.326 e. The number of nitrogens with zero attached hydrogens (tertiary/aromatic N) is 1. The fourth-order valence-electron chi connectivity index (χ4n) is 3.69. The van der Waals surface area contributed by atoms with Crippen molar-refractivity contribution in [3.63, 3.8) is 0 Å². The van der Waals surface area contributed by atoms with Gasteiger partial charge in [-0.05, 0) is 55.9 Å². The second-order valence-electron chi connectivity index (χ2n) is 7.55. The Hall–Kier alpha value is -2.56. The Bertz CT molecular complexity index is 749. The number of fused-ring (bicyclic) bond motifs is 1. The molecule has 2 aromatic rings. The number of carboxylic acid groups (broad SMARTS) is 1. The van der Waals surface area contributed by atoms with E-state index in [1.165, 1.54) is 17.7 Å². The van der Waals surface area contributed by atoms with Crippen molar-refractivity contribution in [3.05, 3.63) is 53.7 Å². The average Bonchev–Trinajstić information content (AvgIpc) is 2.72. The first-order chi connectivity index (χ1) is 13.7.